The van der Waals surface area contributed by atoms with Crippen LogP contribution in [-0.2, 0) is 0 Å². The minimum atomic E-state index is 0.133. The molecule has 1 aliphatic rings. The second-order valence-electron chi connectivity index (χ2n) is 5.53. The number of likely N-dealkylation sites (tertiary alicyclic amines) is 1. The zero-order valence-corrected chi connectivity index (χ0v) is 11.4. The summed E-state index contributed by atoms with van der Waals surface area (Å²) in [6.45, 7) is 6.66. The molecule has 0 amide bonds. The first-order chi connectivity index (χ1) is 8.49. The Morgan fingerprint density at radius 2 is 1.56 bits per heavy atom. The van der Waals surface area contributed by atoms with Gasteiger partial charge in [0, 0.05) is 24.2 Å². The molecule has 0 radical (unpaired) electrons. The average molecular weight is 249 g/mol. The summed E-state index contributed by atoms with van der Waals surface area (Å²) in [4.78, 5) is 2.48. The van der Waals surface area contributed by atoms with Crippen LogP contribution in [0, 0.1) is 0 Å². The molecule has 1 heterocycles. The van der Waals surface area contributed by atoms with Gasteiger partial charge < -0.3 is 10.2 Å². The van der Waals surface area contributed by atoms with Crippen molar-refractivity contribution in [1.29, 1.82) is 0 Å². The minimum Gasteiger partial charge on any atom is -0.508 e. The van der Waals surface area contributed by atoms with E-state index in [1.807, 2.05) is 0 Å². The predicted molar refractivity (Wildman–Crippen MR) is 72.8 cm³/mol. The maximum Gasteiger partial charge on any atom is 0.119 e. The van der Waals surface area contributed by atoms with Crippen molar-refractivity contribution in [3.63, 3.8) is 0 Å². The van der Waals surface area contributed by atoms with E-state index < -0.39 is 0 Å². The number of rotatable bonds is 2. The first-order valence-corrected chi connectivity index (χ1v) is 6.79. The van der Waals surface area contributed by atoms with E-state index in [1.54, 1.807) is 12.1 Å². The highest BCUT2D eigenvalue weighted by Crippen LogP contribution is 2.34. The number of nitrogens with zero attached hydrogens (tertiary/aromatic N) is 1. The largest absolute Gasteiger partial charge is 0.508 e. The average Bonchev–Trinajstić information content (AvgIpc) is 2.27. The third-order valence-corrected chi connectivity index (χ3v) is 4.12. The van der Waals surface area contributed by atoms with Gasteiger partial charge in [0.15, 0.2) is 0 Å². The molecule has 1 aliphatic heterocycles. The molecule has 0 aromatic heterocycles. The van der Waals surface area contributed by atoms with Crippen LogP contribution in [0.4, 0.5) is 0 Å². The number of aromatic hydroxyl groups is 2. The second kappa shape index (κ2) is 5.19. The minimum absolute atomic E-state index is 0.133. The van der Waals surface area contributed by atoms with Crippen LogP contribution in [0.1, 0.15) is 51.6 Å². The van der Waals surface area contributed by atoms with Gasteiger partial charge in [0.1, 0.15) is 11.5 Å². The summed E-state index contributed by atoms with van der Waals surface area (Å²) in [5.74, 6) is 0.267. The molecule has 0 aliphatic carbocycles. The zero-order chi connectivity index (χ0) is 13.3. The summed E-state index contributed by atoms with van der Waals surface area (Å²) in [7, 11) is 0. The van der Waals surface area contributed by atoms with Crippen molar-refractivity contribution in [2.24, 2.45) is 0 Å². The van der Waals surface area contributed by atoms with E-state index in [1.165, 1.54) is 25.3 Å². The quantitative estimate of drug-likeness (QED) is 0.844. The first kappa shape index (κ1) is 13.2. The highest BCUT2D eigenvalue weighted by atomic mass is 16.3. The Morgan fingerprint density at radius 1 is 1.06 bits per heavy atom. The van der Waals surface area contributed by atoms with E-state index in [0.29, 0.717) is 12.1 Å². The van der Waals surface area contributed by atoms with Crippen molar-refractivity contribution < 1.29 is 10.2 Å². The molecule has 2 N–H and O–H groups in total. The van der Waals surface area contributed by atoms with E-state index >= 15 is 0 Å². The lowest BCUT2D eigenvalue weighted by Crippen LogP contribution is -2.45. The van der Waals surface area contributed by atoms with Crippen molar-refractivity contribution in [2.75, 3.05) is 0 Å². The molecule has 1 aromatic rings. The first-order valence-electron chi connectivity index (χ1n) is 6.79. The van der Waals surface area contributed by atoms with Crippen LogP contribution in [0.3, 0.4) is 0 Å². The van der Waals surface area contributed by atoms with Gasteiger partial charge in [-0.15, -0.1) is 0 Å². The van der Waals surface area contributed by atoms with Gasteiger partial charge >= 0.3 is 0 Å². The lowest BCUT2D eigenvalue weighted by molar-refractivity contribution is 0.0621. The summed E-state index contributed by atoms with van der Waals surface area (Å²) in [5.41, 5.74) is 0.980. The summed E-state index contributed by atoms with van der Waals surface area (Å²) >= 11 is 0. The summed E-state index contributed by atoms with van der Waals surface area (Å²) in [5, 5.41) is 19.2. The summed E-state index contributed by atoms with van der Waals surface area (Å²) in [6.07, 6.45) is 3.73. The fourth-order valence-corrected chi connectivity index (χ4v) is 3.24. The molecule has 2 rings (SSSR count). The molecule has 100 valence electrons. The number of hydrogen-bond acceptors (Lipinski definition) is 3. The Labute approximate surface area is 109 Å². The molecule has 3 heteroatoms. The van der Waals surface area contributed by atoms with Crippen LogP contribution in [-0.4, -0.2) is 27.2 Å². The third kappa shape index (κ3) is 2.61. The SMILES string of the molecule is CC1CCCC(C)N1C(C)c1cc(O)cc(O)c1. The molecule has 0 saturated carbocycles. The van der Waals surface area contributed by atoms with Crippen molar-refractivity contribution in [2.45, 2.75) is 58.2 Å². The van der Waals surface area contributed by atoms with Crippen LogP contribution >= 0.6 is 0 Å². The Morgan fingerprint density at radius 3 is 2.06 bits per heavy atom. The number of hydrogen-bond donors (Lipinski definition) is 2. The monoisotopic (exact) mass is 249 g/mol. The molecule has 1 saturated heterocycles. The van der Waals surface area contributed by atoms with Crippen molar-refractivity contribution in [1.82, 2.24) is 4.90 Å². The molecule has 3 nitrogen and oxygen atoms in total. The third-order valence-electron chi connectivity index (χ3n) is 4.12. The normalized spacial score (nSPS) is 27.1. The number of phenolic OH excluding ortho intramolecular Hbond substituents is 2. The lowest BCUT2D eigenvalue weighted by atomic mass is 9.93. The molecule has 1 aromatic carbocycles. The fourth-order valence-electron chi connectivity index (χ4n) is 3.24. The van der Waals surface area contributed by atoms with Crippen molar-refractivity contribution in [3.8, 4) is 11.5 Å². The summed E-state index contributed by atoms with van der Waals surface area (Å²) < 4.78 is 0. The Kier molecular flexibility index (Phi) is 3.81. The molecule has 0 bridgehead atoms. The van der Waals surface area contributed by atoms with Gasteiger partial charge in [0.2, 0.25) is 0 Å². The molecule has 18 heavy (non-hydrogen) atoms. The maximum absolute atomic E-state index is 9.59. The van der Waals surface area contributed by atoms with E-state index in [9.17, 15) is 10.2 Å². The Balaban J connectivity index is 2.26. The smallest absolute Gasteiger partial charge is 0.119 e. The Bertz CT molecular complexity index is 389. The van der Waals surface area contributed by atoms with E-state index in [0.717, 1.165) is 5.56 Å². The van der Waals surface area contributed by atoms with Gasteiger partial charge in [-0.25, -0.2) is 0 Å². The lowest BCUT2D eigenvalue weighted by Gasteiger charge is -2.43. The van der Waals surface area contributed by atoms with Gasteiger partial charge in [-0.2, -0.15) is 0 Å². The fraction of sp³-hybridized carbons (Fsp3) is 0.600. The number of phenols is 2. The maximum atomic E-state index is 9.59. The zero-order valence-electron chi connectivity index (χ0n) is 11.4. The van der Waals surface area contributed by atoms with Gasteiger partial charge in [-0.3, -0.25) is 4.90 Å². The van der Waals surface area contributed by atoms with E-state index in [4.69, 9.17) is 0 Å². The van der Waals surface area contributed by atoms with Crippen LogP contribution in [0.15, 0.2) is 18.2 Å². The second-order valence-corrected chi connectivity index (χ2v) is 5.53. The summed E-state index contributed by atoms with van der Waals surface area (Å²) in [6, 6.07) is 6.19. The van der Waals surface area contributed by atoms with Crippen molar-refractivity contribution in [3.05, 3.63) is 23.8 Å². The van der Waals surface area contributed by atoms with Gasteiger partial charge in [0.05, 0.1) is 0 Å². The molecule has 3 atom stereocenters. The molecule has 3 unspecified atom stereocenters. The van der Waals surface area contributed by atoms with Gasteiger partial charge in [-0.1, -0.05) is 6.42 Å². The van der Waals surface area contributed by atoms with E-state index in [-0.39, 0.29) is 17.5 Å². The van der Waals surface area contributed by atoms with E-state index in [2.05, 4.69) is 25.7 Å². The highest BCUT2D eigenvalue weighted by Gasteiger charge is 2.29. The highest BCUT2D eigenvalue weighted by molar-refractivity contribution is 5.38. The predicted octanol–water partition coefficient (Wildman–Crippen LogP) is 3.42. The van der Waals surface area contributed by atoms with Gasteiger partial charge in [-0.05, 0) is 51.3 Å². The molecular formula is C15H23NO2. The topological polar surface area (TPSA) is 43.7 Å². The number of piperidine rings is 1. The van der Waals surface area contributed by atoms with Crippen LogP contribution in [0.5, 0.6) is 11.5 Å². The van der Waals surface area contributed by atoms with Crippen molar-refractivity contribution >= 4 is 0 Å². The van der Waals surface area contributed by atoms with Crippen LogP contribution < -0.4 is 0 Å². The standard InChI is InChI=1S/C15H23NO2/c1-10-5-4-6-11(2)16(10)12(3)13-7-14(17)9-15(18)8-13/h7-12,17-18H,4-6H2,1-3H3. The Hall–Kier alpha value is -1.22. The molecule has 1 fully saturated rings. The number of benzene rings is 1. The molecule has 0 spiro atoms. The van der Waals surface area contributed by atoms with Crippen LogP contribution in [0.25, 0.3) is 0 Å². The van der Waals surface area contributed by atoms with Crippen LogP contribution in [0.2, 0.25) is 0 Å². The van der Waals surface area contributed by atoms with Gasteiger partial charge in [0.25, 0.3) is 0 Å². The molecular weight excluding hydrogens is 226 g/mol.